The normalized spacial score (nSPS) is 17.4. The molecule has 2 heterocycles. The second kappa shape index (κ2) is 30.0. The van der Waals surface area contributed by atoms with Gasteiger partial charge in [0.2, 0.25) is 0 Å². The van der Waals surface area contributed by atoms with Crippen LogP contribution < -0.4 is 34.9 Å². The number of aryl methyl sites for hydroxylation is 2. The molecule has 2 aliphatic rings. The number of ketones is 2. The van der Waals surface area contributed by atoms with E-state index in [4.69, 9.17) is 0 Å². The average Bonchev–Trinajstić information content (AvgIpc) is 3.86. The van der Waals surface area contributed by atoms with Crippen LogP contribution in [0.15, 0.2) is 84.9 Å². The number of carbonyl (C=O) groups is 5. The molecule has 4 aromatic rings. The van der Waals surface area contributed by atoms with Crippen LogP contribution in [0, 0.1) is 0 Å². The molecular weight excluding hydrogens is 1040 g/mol. The van der Waals surface area contributed by atoms with Gasteiger partial charge in [-0.05, 0) is 89.7 Å². The van der Waals surface area contributed by atoms with Gasteiger partial charge < -0.3 is 33.6 Å². The molecule has 2 saturated heterocycles. The van der Waals surface area contributed by atoms with Crippen LogP contribution in [0.4, 0.5) is 61.5 Å². The van der Waals surface area contributed by atoms with Crippen molar-refractivity contribution in [2.45, 2.75) is 108 Å². The summed E-state index contributed by atoms with van der Waals surface area (Å²) in [5, 5.41) is 2.78. The number of halogens is 14. The number of likely N-dealkylation sites (tertiary alicyclic amines) is 1. The maximum Gasteiger partial charge on any atom is 1.00 e. The van der Waals surface area contributed by atoms with E-state index in [1.807, 2.05) is 0 Å². The van der Waals surface area contributed by atoms with E-state index >= 15 is 0 Å². The van der Waals surface area contributed by atoms with Gasteiger partial charge in [0.25, 0.3) is 0 Å². The van der Waals surface area contributed by atoms with Crippen molar-refractivity contribution in [1.82, 2.24) is 10.2 Å². The number of Topliss-reactive ketones (excluding diaryl/α,β-unsaturated/α-hetero) is 2. The molecule has 4 aromatic carbocycles. The van der Waals surface area contributed by atoms with Gasteiger partial charge in [0.1, 0.15) is 23.9 Å². The number of benzene rings is 4. The first kappa shape index (κ1) is 70.0. The summed E-state index contributed by atoms with van der Waals surface area (Å²) < 4.78 is 188. The third kappa shape index (κ3) is 23.8. The molecule has 0 unspecified atom stereocenters. The second-order valence-corrected chi connectivity index (χ2v) is 16.7. The molecule has 0 saturated carbocycles. The number of hydrogen-bond acceptors (Lipinski definition) is 8. The number of hydrogen-bond donors (Lipinski definition) is 1. The SMILES string of the molecule is CC(=O)OC(C)=O.CN1C[C@@H](F)C[C@H]1C(=O)CCc1cccc(-c2cc(C(F)(F)F)cc(C(F)(F)F)c2)c1.O.O.O=C(CCc1cccc(-c2cc(C(F)(F)F)cc(C(F)(F)F)c2)c1)[C@@H]1C[C@H](F)CN1.[B-]C(C)=O.[Na+]. The van der Waals surface area contributed by atoms with Gasteiger partial charge in [-0.1, -0.05) is 55.5 Å². The molecule has 26 heteroatoms. The standard InChI is InChI=1S/C22H20F7NO.C21H18F7NO.C4H6O3.C2H3BO.Na.2H2O/c1-30-12-18(23)11-19(30)20(31)6-5-13-3-2-4-14(7-13)15-8-16(21(24,25)26)10-17(9-15)22(27,28)29;22-17-10-18(29-11-17)19(30)5-4-12-2-1-3-13(6-12)14-7-15(20(23,24)25)9-16(8-14)21(26,27)28;1-3(5)7-4(2)6;1-2(3)4;;;/h2-4,7-10,18-19H,5-6,11-12H2,1H3;1-3,6-9,17-18,29H,4-5,10-11H2;1-2H3;1H3;;2*1H2/q;;;-1;+1;;/t18-,19-;17-,18-;;;;;/m00...../s1. The molecule has 5 N–H and O–H groups in total. The van der Waals surface area contributed by atoms with Crippen molar-refractivity contribution in [1.29, 1.82) is 0 Å². The third-order valence-corrected chi connectivity index (χ3v) is 10.6. The Bertz CT molecular complexity index is 2460. The largest absolute Gasteiger partial charge is 1.00 e. The van der Waals surface area contributed by atoms with Crippen LogP contribution in [0.25, 0.3) is 22.3 Å². The number of carbonyl (C=O) groups excluding carboxylic acids is 5. The van der Waals surface area contributed by atoms with Crippen LogP contribution in [0.5, 0.6) is 0 Å². The van der Waals surface area contributed by atoms with Gasteiger partial charge in [-0.25, -0.2) is 8.78 Å². The van der Waals surface area contributed by atoms with Gasteiger partial charge in [-0.2, -0.15) is 52.7 Å². The summed E-state index contributed by atoms with van der Waals surface area (Å²) in [6, 6.07) is 13.8. The summed E-state index contributed by atoms with van der Waals surface area (Å²) in [5.41, 5.74) is -4.78. The molecule has 4 atom stereocenters. The molecule has 0 spiro atoms. The monoisotopic (exact) mass is 1100 g/mol. The van der Waals surface area contributed by atoms with E-state index in [0.29, 0.717) is 35.4 Å². The third-order valence-electron chi connectivity index (χ3n) is 10.6. The van der Waals surface area contributed by atoms with Crippen LogP contribution in [0.3, 0.4) is 0 Å². The molecular formula is C49H51BF14N2NaO8. The molecule has 6 rings (SSSR count). The summed E-state index contributed by atoms with van der Waals surface area (Å²) in [4.78, 5) is 55.0. The van der Waals surface area contributed by atoms with Crippen LogP contribution in [-0.2, 0) is 66.3 Å². The van der Waals surface area contributed by atoms with E-state index in [-0.39, 0.29) is 144 Å². The van der Waals surface area contributed by atoms with E-state index in [2.05, 4.69) is 17.9 Å². The molecule has 0 amide bonds. The maximum absolute atomic E-state index is 13.5. The van der Waals surface area contributed by atoms with Crippen LogP contribution in [0.1, 0.15) is 79.8 Å². The van der Waals surface area contributed by atoms with E-state index < -0.39 is 83.3 Å². The molecule has 2 fully saturated rings. The fraction of sp³-hybridized carbons (Fsp3) is 0.408. The predicted molar refractivity (Wildman–Crippen MR) is 244 cm³/mol. The van der Waals surface area contributed by atoms with Crippen molar-refractivity contribution in [2.75, 3.05) is 20.1 Å². The minimum absolute atomic E-state index is 0. The van der Waals surface area contributed by atoms with Crippen molar-refractivity contribution >= 4 is 37.0 Å². The summed E-state index contributed by atoms with van der Waals surface area (Å²) in [6.45, 7) is 3.97. The Kier molecular flexibility index (Phi) is 28.0. The van der Waals surface area contributed by atoms with Crippen molar-refractivity contribution in [3.05, 3.63) is 118 Å². The Labute approximate surface area is 445 Å². The molecule has 0 aromatic heterocycles. The van der Waals surface area contributed by atoms with Gasteiger partial charge in [-0.15, -0.1) is 5.68 Å². The smallest absolute Gasteiger partial charge is 0.528 e. The first-order valence-corrected chi connectivity index (χ1v) is 21.6. The number of rotatable bonds is 10. The summed E-state index contributed by atoms with van der Waals surface area (Å²) in [7, 11) is 6.13. The minimum atomic E-state index is -4.93. The zero-order chi connectivity index (χ0) is 54.5. The molecule has 10 nitrogen and oxygen atoms in total. The van der Waals surface area contributed by atoms with Gasteiger partial charge >= 0.3 is 66.2 Å². The Balaban J connectivity index is 0.00000118. The fourth-order valence-electron chi connectivity index (χ4n) is 7.39. The first-order chi connectivity index (χ1) is 33.1. The topological polar surface area (TPSA) is 173 Å². The Hall–Kier alpha value is -5.05. The number of nitrogens with zero attached hydrogens (tertiary/aromatic N) is 1. The molecule has 75 heavy (non-hydrogen) atoms. The Morgan fingerprint density at radius 2 is 0.933 bits per heavy atom. The van der Waals surface area contributed by atoms with Gasteiger partial charge in [-0.3, -0.25) is 24.1 Å². The number of likely N-dealkylation sites (N-methyl/N-ethyl adjacent to an activating group) is 1. The van der Waals surface area contributed by atoms with Crippen molar-refractivity contribution in [3.8, 4) is 22.3 Å². The number of nitrogens with one attached hydrogen (secondary N) is 1. The number of esters is 2. The zero-order valence-electron chi connectivity index (χ0n) is 40.8. The number of ether oxygens (including phenoxy) is 1. The first-order valence-electron chi connectivity index (χ1n) is 21.6. The summed E-state index contributed by atoms with van der Waals surface area (Å²) in [6.07, 6.45) is -21.0. The molecule has 3 radical (unpaired) electrons. The van der Waals surface area contributed by atoms with Crippen molar-refractivity contribution < 1.29 is 131 Å². The van der Waals surface area contributed by atoms with E-state index in [0.717, 1.165) is 0 Å². The molecule has 0 aliphatic carbocycles. The van der Waals surface area contributed by atoms with Gasteiger partial charge in [0, 0.05) is 52.6 Å². The second-order valence-electron chi connectivity index (χ2n) is 16.7. The van der Waals surface area contributed by atoms with Gasteiger partial charge in [0.15, 0.2) is 0 Å². The maximum atomic E-state index is 13.5. The predicted octanol–water partition coefficient (Wildman–Crippen LogP) is 6.68. The van der Waals surface area contributed by atoms with Crippen LogP contribution in [0.2, 0.25) is 0 Å². The molecule has 2 aliphatic heterocycles. The number of alkyl halides is 14. The van der Waals surface area contributed by atoms with E-state index in [1.54, 1.807) is 24.1 Å². The van der Waals surface area contributed by atoms with Gasteiger partial charge in [0.05, 0.1) is 34.3 Å². The van der Waals surface area contributed by atoms with Crippen molar-refractivity contribution in [3.63, 3.8) is 0 Å². The van der Waals surface area contributed by atoms with E-state index in [1.165, 1.54) is 57.2 Å². The van der Waals surface area contributed by atoms with Crippen LogP contribution in [-0.4, -0.2) is 97.5 Å². The fourth-order valence-corrected chi connectivity index (χ4v) is 7.39. The molecule has 407 valence electrons. The zero-order valence-corrected chi connectivity index (χ0v) is 42.8. The summed E-state index contributed by atoms with van der Waals surface area (Å²) >= 11 is 0. The Morgan fingerprint density at radius 3 is 1.21 bits per heavy atom. The minimum Gasteiger partial charge on any atom is -0.528 e. The van der Waals surface area contributed by atoms with E-state index in [9.17, 15) is 85.4 Å². The molecule has 0 bridgehead atoms. The average molecular weight is 1100 g/mol. The van der Waals surface area contributed by atoms with Crippen LogP contribution >= 0.6 is 0 Å². The van der Waals surface area contributed by atoms with Crippen molar-refractivity contribution in [2.24, 2.45) is 0 Å². The Morgan fingerprint density at radius 1 is 0.573 bits per heavy atom. The quantitative estimate of drug-likeness (QED) is 0.0793. The summed E-state index contributed by atoms with van der Waals surface area (Å²) in [5.74, 6) is -1.45.